The SMILES string of the molecule is COc1ccc(C(=O)N2CCN(Cc3ccc4c(c3)OCO4)CC2)c(OC)c1OC. The van der Waals surface area contributed by atoms with Crippen molar-refractivity contribution >= 4 is 5.91 Å². The van der Waals surface area contributed by atoms with Crippen molar-refractivity contribution in [3.8, 4) is 28.7 Å². The molecule has 0 saturated carbocycles. The van der Waals surface area contributed by atoms with E-state index in [1.165, 1.54) is 19.8 Å². The van der Waals surface area contributed by atoms with Gasteiger partial charge in [-0.2, -0.15) is 0 Å². The third kappa shape index (κ3) is 3.82. The third-order valence-electron chi connectivity index (χ3n) is 5.44. The lowest BCUT2D eigenvalue weighted by Gasteiger charge is -2.35. The van der Waals surface area contributed by atoms with Crippen molar-refractivity contribution in [1.29, 1.82) is 0 Å². The third-order valence-corrected chi connectivity index (χ3v) is 5.44. The fourth-order valence-corrected chi connectivity index (χ4v) is 3.85. The summed E-state index contributed by atoms with van der Waals surface area (Å²) in [5, 5.41) is 0. The van der Waals surface area contributed by atoms with Gasteiger partial charge in [0.25, 0.3) is 5.91 Å². The van der Waals surface area contributed by atoms with Gasteiger partial charge in [0.2, 0.25) is 12.5 Å². The number of rotatable bonds is 6. The number of carbonyl (C=O) groups excluding carboxylic acids is 1. The molecule has 8 heteroatoms. The second-order valence-electron chi connectivity index (χ2n) is 7.14. The van der Waals surface area contributed by atoms with Gasteiger partial charge in [-0.25, -0.2) is 0 Å². The topological polar surface area (TPSA) is 69.7 Å². The number of methoxy groups -OCH3 is 3. The number of piperazine rings is 1. The number of benzene rings is 2. The number of hydrogen-bond donors (Lipinski definition) is 0. The lowest BCUT2D eigenvalue weighted by molar-refractivity contribution is 0.0624. The molecule has 0 spiro atoms. The molecule has 160 valence electrons. The lowest BCUT2D eigenvalue weighted by atomic mass is 10.1. The average Bonchev–Trinajstić information content (AvgIpc) is 3.26. The van der Waals surface area contributed by atoms with Crippen LogP contribution in [0.1, 0.15) is 15.9 Å². The zero-order valence-electron chi connectivity index (χ0n) is 17.5. The van der Waals surface area contributed by atoms with Crippen molar-refractivity contribution < 1.29 is 28.5 Å². The normalized spacial score (nSPS) is 15.8. The maximum Gasteiger partial charge on any atom is 0.257 e. The van der Waals surface area contributed by atoms with Crippen LogP contribution in [0.15, 0.2) is 30.3 Å². The quantitative estimate of drug-likeness (QED) is 0.719. The van der Waals surface area contributed by atoms with Gasteiger partial charge in [-0.3, -0.25) is 9.69 Å². The highest BCUT2D eigenvalue weighted by molar-refractivity contribution is 5.98. The van der Waals surface area contributed by atoms with Crippen molar-refractivity contribution in [3.05, 3.63) is 41.5 Å². The molecule has 0 aliphatic carbocycles. The molecular weight excluding hydrogens is 388 g/mol. The van der Waals surface area contributed by atoms with E-state index in [4.69, 9.17) is 23.7 Å². The summed E-state index contributed by atoms with van der Waals surface area (Å²) < 4.78 is 27.0. The standard InChI is InChI=1S/C22H26N2O6/c1-26-18-7-5-16(20(27-2)21(18)28-3)22(25)24-10-8-23(9-11-24)13-15-4-6-17-19(12-15)30-14-29-17/h4-7,12H,8-11,13-14H2,1-3H3. The molecule has 0 radical (unpaired) electrons. The Balaban J connectivity index is 1.41. The number of ether oxygens (including phenoxy) is 5. The molecule has 30 heavy (non-hydrogen) atoms. The fourth-order valence-electron chi connectivity index (χ4n) is 3.85. The first-order valence-corrected chi connectivity index (χ1v) is 9.83. The van der Waals surface area contributed by atoms with Crippen LogP contribution in [0.3, 0.4) is 0 Å². The van der Waals surface area contributed by atoms with Gasteiger partial charge in [0, 0.05) is 32.7 Å². The number of nitrogens with zero attached hydrogens (tertiary/aromatic N) is 2. The first-order chi connectivity index (χ1) is 14.6. The van der Waals surface area contributed by atoms with Gasteiger partial charge in [0.1, 0.15) is 0 Å². The summed E-state index contributed by atoms with van der Waals surface area (Å²) in [4.78, 5) is 17.3. The van der Waals surface area contributed by atoms with Gasteiger partial charge < -0.3 is 28.6 Å². The van der Waals surface area contributed by atoms with Crippen LogP contribution in [0.2, 0.25) is 0 Å². The number of amides is 1. The largest absolute Gasteiger partial charge is 0.493 e. The van der Waals surface area contributed by atoms with E-state index in [1.54, 1.807) is 19.2 Å². The molecule has 0 bridgehead atoms. The first kappa shape index (κ1) is 20.2. The van der Waals surface area contributed by atoms with Crippen LogP contribution in [0.25, 0.3) is 0 Å². The highest BCUT2D eigenvalue weighted by Crippen LogP contribution is 2.40. The molecule has 8 nitrogen and oxygen atoms in total. The van der Waals surface area contributed by atoms with Crippen molar-refractivity contribution in [2.75, 3.05) is 54.3 Å². The zero-order chi connectivity index (χ0) is 21.1. The first-order valence-electron chi connectivity index (χ1n) is 9.83. The Morgan fingerprint density at radius 1 is 0.900 bits per heavy atom. The minimum absolute atomic E-state index is 0.0736. The Kier molecular flexibility index (Phi) is 5.85. The Bertz CT molecular complexity index is 924. The van der Waals surface area contributed by atoms with Gasteiger partial charge in [-0.15, -0.1) is 0 Å². The fraction of sp³-hybridized carbons (Fsp3) is 0.409. The van der Waals surface area contributed by atoms with E-state index < -0.39 is 0 Å². The van der Waals surface area contributed by atoms with Crippen molar-refractivity contribution in [2.45, 2.75) is 6.54 Å². The van der Waals surface area contributed by atoms with Crippen molar-refractivity contribution in [1.82, 2.24) is 9.80 Å². The summed E-state index contributed by atoms with van der Waals surface area (Å²) in [7, 11) is 4.61. The van der Waals surface area contributed by atoms with Gasteiger partial charge in [0.15, 0.2) is 23.0 Å². The molecule has 1 amide bonds. The Labute approximate surface area is 175 Å². The van der Waals surface area contributed by atoms with Crippen molar-refractivity contribution in [2.24, 2.45) is 0 Å². The number of carbonyl (C=O) groups is 1. The van der Waals surface area contributed by atoms with E-state index in [1.807, 2.05) is 17.0 Å². The van der Waals surface area contributed by atoms with Crippen LogP contribution >= 0.6 is 0 Å². The van der Waals surface area contributed by atoms with E-state index in [-0.39, 0.29) is 12.7 Å². The van der Waals surface area contributed by atoms with E-state index in [0.717, 1.165) is 31.1 Å². The maximum absolute atomic E-state index is 13.1. The van der Waals surface area contributed by atoms with Crippen LogP contribution in [0, 0.1) is 0 Å². The molecule has 2 aliphatic rings. The second kappa shape index (κ2) is 8.71. The van der Waals surface area contributed by atoms with Crippen LogP contribution < -0.4 is 23.7 Å². The summed E-state index contributed by atoms with van der Waals surface area (Å²) in [6.45, 7) is 3.94. The molecule has 2 aromatic carbocycles. The summed E-state index contributed by atoms with van der Waals surface area (Å²) in [5.41, 5.74) is 1.64. The summed E-state index contributed by atoms with van der Waals surface area (Å²) in [5.74, 6) is 2.85. The monoisotopic (exact) mass is 414 g/mol. The zero-order valence-corrected chi connectivity index (χ0v) is 17.5. The molecule has 1 saturated heterocycles. The smallest absolute Gasteiger partial charge is 0.257 e. The second-order valence-corrected chi connectivity index (χ2v) is 7.14. The van der Waals surface area contributed by atoms with Gasteiger partial charge >= 0.3 is 0 Å². The van der Waals surface area contributed by atoms with Crippen LogP contribution in [-0.2, 0) is 6.54 Å². The molecule has 2 aliphatic heterocycles. The minimum atomic E-state index is -0.0736. The van der Waals surface area contributed by atoms with Crippen LogP contribution in [-0.4, -0.2) is 70.0 Å². The number of fused-ring (bicyclic) bond motifs is 1. The highest BCUT2D eigenvalue weighted by Gasteiger charge is 2.27. The minimum Gasteiger partial charge on any atom is -0.493 e. The van der Waals surface area contributed by atoms with Gasteiger partial charge in [0.05, 0.1) is 26.9 Å². The summed E-state index contributed by atoms with van der Waals surface area (Å²) in [6.07, 6.45) is 0. The average molecular weight is 414 g/mol. The van der Waals surface area contributed by atoms with Crippen molar-refractivity contribution in [3.63, 3.8) is 0 Å². The molecule has 0 N–H and O–H groups in total. The van der Waals surface area contributed by atoms with Crippen LogP contribution in [0.4, 0.5) is 0 Å². The predicted molar refractivity (Wildman–Crippen MR) is 110 cm³/mol. The van der Waals surface area contributed by atoms with Gasteiger partial charge in [-0.1, -0.05) is 6.07 Å². The highest BCUT2D eigenvalue weighted by atomic mass is 16.7. The Morgan fingerprint density at radius 3 is 2.33 bits per heavy atom. The summed E-state index contributed by atoms with van der Waals surface area (Å²) >= 11 is 0. The molecule has 1 fully saturated rings. The van der Waals surface area contributed by atoms with Crippen LogP contribution in [0.5, 0.6) is 28.7 Å². The molecule has 0 unspecified atom stereocenters. The molecule has 2 heterocycles. The van der Waals surface area contributed by atoms with E-state index in [9.17, 15) is 4.79 Å². The Hall–Kier alpha value is -3.13. The lowest BCUT2D eigenvalue weighted by Crippen LogP contribution is -2.48. The predicted octanol–water partition coefficient (Wildman–Crippen LogP) is 2.40. The van der Waals surface area contributed by atoms with E-state index in [0.29, 0.717) is 35.9 Å². The summed E-state index contributed by atoms with van der Waals surface area (Å²) in [6, 6.07) is 9.47. The van der Waals surface area contributed by atoms with E-state index in [2.05, 4.69) is 11.0 Å². The molecule has 0 atom stereocenters. The number of hydrogen-bond acceptors (Lipinski definition) is 7. The molecule has 4 rings (SSSR count). The van der Waals surface area contributed by atoms with Gasteiger partial charge in [-0.05, 0) is 29.8 Å². The van der Waals surface area contributed by atoms with E-state index >= 15 is 0 Å². The molecular formula is C22H26N2O6. The molecule has 2 aromatic rings. The maximum atomic E-state index is 13.1. The Morgan fingerprint density at radius 2 is 1.63 bits per heavy atom. The molecule has 0 aromatic heterocycles.